The Morgan fingerprint density at radius 2 is 2.00 bits per heavy atom. The number of nitrogens with two attached hydrogens (primary N) is 1. The SMILES string of the molecule is Cc1nc2ccccc2n1-c1ccc(Cl)cc1C(N)=O. The van der Waals surface area contributed by atoms with Gasteiger partial charge < -0.3 is 5.73 Å². The van der Waals surface area contributed by atoms with E-state index in [1.54, 1.807) is 18.2 Å². The second-order valence-electron chi connectivity index (χ2n) is 4.51. The summed E-state index contributed by atoms with van der Waals surface area (Å²) in [6.07, 6.45) is 0. The number of rotatable bonds is 2. The Balaban J connectivity index is 2.36. The minimum absolute atomic E-state index is 0.378. The lowest BCUT2D eigenvalue weighted by Gasteiger charge is -2.11. The maximum atomic E-state index is 11.6. The van der Waals surface area contributed by atoms with E-state index < -0.39 is 5.91 Å². The molecule has 100 valence electrons. The molecular formula is C15H12ClN3O. The fraction of sp³-hybridized carbons (Fsp3) is 0.0667. The Morgan fingerprint density at radius 3 is 2.75 bits per heavy atom. The van der Waals surface area contributed by atoms with Crippen molar-refractivity contribution in [1.82, 2.24) is 9.55 Å². The first-order chi connectivity index (χ1) is 9.58. The highest BCUT2D eigenvalue weighted by Crippen LogP contribution is 2.25. The van der Waals surface area contributed by atoms with Crippen molar-refractivity contribution in [3.05, 3.63) is 58.9 Å². The largest absolute Gasteiger partial charge is 0.366 e. The van der Waals surface area contributed by atoms with Crippen LogP contribution in [0.15, 0.2) is 42.5 Å². The standard InChI is InChI=1S/C15H12ClN3O/c1-9-18-12-4-2-3-5-14(12)19(9)13-7-6-10(16)8-11(13)15(17)20/h2-8H,1H3,(H2,17,20). The summed E-state index contributed by atoms with van der Waals surface area (Å²) >= 11 is 5.95. The molecule has 1 heterocycles. The normalized spacial score (nSPS) is 10.9. The van der Waals surface area contributed by atoms with Gasteiger partial charge >= 0.3 is 0 Å². The second kappa shape index (κ2) is 4.65. The first-order valence-corrected chi connectivity index (χ1v) is 6.49. The Morgan fingerprint density at radius 1 is 1.25 bits per heavy atom. The quantitative estimate of drug-likeness (QED) is 0.786. The molecule has 3 rings (SSSR count). The number of aryl methyl sites for hydroxylation is 1. The number of hydrogen-bond donors (Lipinski definition) is 1. The molecule has 2 aromatic carbocycles. The number of carbonyl (C=O) groups is 1. The van der Waals surface area contributed by atoms with Gasteiger partial charge in [-0.1, -0.05) is 23.7 Å². The Labute approximate surface area is 120 Å². The molecular weight excluding hydrogens is 274 g/mol. The molecule has 0 fully saturated rings. The molecule has 0 saturated heterocycles. The van der Waals surface area contributed by atoms with Crippen molar-refractivity contribution >= 4 is 28.5 Å². The minimum atomic E-state index is -0.514. The van der Waals surface area contributed by atoms with E-state index in [1.807, 2.05) is 35.8 Å². The highest BCUT2D eigenvalue weighted by Gasteiger charge is 2.15. The smallest absolute Gasteiger partial charge is 0.250 e. The first kappa shape index (κ1) is 12.7. The molecule has 0 aliphatic rings. The molecule has 1 amide bonds. The third-order valence-corrected chi connectivity index (χ3v) is 3.43. The van der Waals surface area contributed by atoms with E-state index in [9.17, 15) is 4.79 Å². The van der Waals surface area contributed by atoms with Crippen LogP contribution in [-0.2, 0) is 0 Å². The molecule has 0 aliphatic heterocycles. The van der Waals surface area contributed by atoms with Gasteiger partial charge in [-0.05, 0) is 37.3 Å². The number of amides is 1. The van der Waals surface area contributed by atoms with Gasteiger partial charge in [-0.15, -0.1) is 0 Å². The zero-order valence-corrected chi connectivity index (χ0v) is 11.6. The van der Waals surface area contributed by atoms with Crippen molar-refractivity contribution in [2.45, 2.75) is 6.92 Å². The third-order valence-electron chi connectivity index (χ3n) is 3.19. The number of para-hydroxylation sites is 2. The summed E-state index contributed by atoms with van der Waals surface area (Å²) in [4.78, 5) is 16.1. The summed E-state index contributed by atoms with van der Waals surface area (Å²) in [5.74, 6) is 0.274. The minimum Gasteiger partial charge on any atom is -0.366 e. The van der Waals surface area contributed by atoms with Crippen molar-refractivity contribution in [3.8, 4) is 5.69 Å². The van der Waals surface area contributed by atoms with E-state index in [-0.39, 0.29) is 0 Å². The van der Waals surface area contributed by atoms with Gasteiger partial charge in [0.15, 0.2) is 0 Å². The van der Waals surface area contributed by atoms with Crippen molar-refractivity contribution in [2.24, 2.45) is 5.73 Å². The van der Waals surface area contributed by atoms with Gasteiger partial charge in [-0.25, -0.2) is 4.98 Å². The van der Waals surface area contributed by atoms with E-state index >= 15 is 0 Å². The number of nitrogens with zero attached hydrogens (tertiary/aromatic N) is 2. The third kappa shape index (κ3) is 1.94. The lowest BCUT2D eigenvalue weighted by atomic mass is 10.1. The fourth-order valence-electron chi connectivity index (χ4n) is 2.35. The van der Waals surface area contributed by atoms with E-state index in [2.05, 4.69) is 4.98 Å². The first-order valence-electron chi connectivity index (χ1n) is 6.12. The predicted molar refractivity (Wildman–Crippen MR) is 79.3 cm³/mol. The average molecular weight is 286 g/mol. The predicted octanol–water partition coefficient (Wildman–Crippen LogP) is 3.09. The zero-order chi connectivity index (χ0) is 14.3. The summed E-state index contributed by atoms with van der Waals surface area (Å²) in [6, 6.07) is 12.8. The summed E-state index contributed by atoms with van der Waals surface area (Å²) in [5.41, 5.74) is 8.32. The van der Waals surface area contributed by atoms with Crippen molar-refractivity contribution < 1.29 is 4.79 Å². The molecule has 0 atom stereocenters. The molecule has 2 N–H and O–H groups in total. The molecule has 0 radical (unpaired) electrons. The van der Waals surface area contributed by atoms with Crippen LogP contribution >= 0.6 is 11.6 Å². The van der Waals surface area contributed by atoms with Gasteiger partial charge in [-0.2, -0.15) is 0 Å². The number of hydrogen-bond acceptors (Lipinski definition) is 2. The van der Waals surface area contributed by atoms with Crippen LogP contribution in [-0.4, -0.2) is 15.5 Å². The Bertz CT molecular complexity index is 823. The van der Waals surface area contributed by atoms with Gasteiger partial charge in [-0.3, -0.25) is 9.36 Å². The Hall–Kier alpha value is -2.33. The van der Waals surface area contributed by atoms with Crippen molar-refractivity contribution in [1.29, 1.82) is 0 Å². The molecule has 0 bridgehead atoms. The van der Waals surface area contributed by atoms with E-state index in [0.717, 1.165) is 16.9 Å². The number of primary amides is 1. The van der Waals surface area contributed by atoms with E-state index in [1.165, 1.54) is 0 Å². The lowest BCUT2D eigenvalue weighted by Crippen LogP contribution is -2.15. The fourth-order valence-corrected chi connectivity index (χ4v) is 2.52. The number of carbonyl (C=O) groups excluding carboxylic acids is 1. The Kier molecular flexibility index (Phi) is 2.95. The van der Waals surface area contributed by atoms with Gasteiger partial charge in [0.25, 0.3) is 5.91 Å². The molecule has 0 saturated carbocycles. The van der Waals surface area contributed by atoms with Gasteiger partial charge in [0, 0.05) is 5.02 Å². The van der Waals surface area contributed by atoms with Gasteiger partial charge in [0.1, 0.15) is 5.82 Å². The second-order valence-corrected chi connectivity index (χ2v) is 4.95. The van der Waals surface area contributed by atoms with E-state index in [0.29, 0.717) is 16.3 Å². The maximum Gasteiger partial charge on any atom is 0.250 e. The zero-order valence-electron chi connectivity index (χ0n) is 10.8. The molecule has 1 aromatic heterocycles. The molecule has 0 spiro atoms. The van der Waals surface area contributed by atoms with E-state index in [4.69, 9.17) is 17.3 Å². The molecule has 0 unspecified atom stereocenters. The van der Waals surface area contributed by atoms with Crippen LogP contribution in [0, 0.1) is 6.92 Å². The maximum absolute atomic E-state index is 11.6. The molecule has 4 nitrogen and oxygen atoms in total. The summed E-state index contributed by atoms with van der Waals surface area (Å²) in [7, 11) is 0. The molecule has 0 aliphatic carbocycles. The van der Waals surface area contributed by atoms with Gasteiger partial charge in [0.2, 0.25) is 0 Å². The highest BCUT2D eigenvalue weighted by molar-refractivity contribution is 6.31. The van der Waals surface area contributed by atoms with Crippen LogP contribution in [0.3, 0.4) is 0 Å². The van der Waals surface area contributed by atoms with Crippen molar-refractivity contribution in [3.63, 3.8) is 0 Å². The molecule has 5 heteroatoms. The topological polar surface area (TPSA) is 60.9 Å². The summed E-state index contributed by atoms with van der Waals surface area (Å²) < 4.78 is 1.91. The van der Waals surface area contributed by atoms with Gasteiger partial charge in [0.05, 0.1) is 22.3 Å². The van der Waals surface area contributed by atoms with Crippen LogP contribution in [0.5, 0.6) is 0 Å². The van der Waals surface area contributed by atoms with Crippen LogP contribution in [0.1, 0.15) is 16.2 Å². The highest BCUT2D eigenvalue weighted by atomic mass is 35.5. The molecule has 3 aromatic rings. The number of benzene rings is 2. The van der Waals surface area contributed by atoms with Crippen LogP contribution in [0.25, 0.3) is 16.7 Å². The molecule has 20 heavy (non-hydrogen) atoms. The van der Waals surface area contributed by atoms with Crippen LogP contribution in [0.2, 0.25) is 5.02 Å². The lowest BCUT2D eigenvalue weighted by molar-refractivity contribution is 0.100. The number of fused-ring (bicyclic) bond motifs is 1. The number of halogens is 1. The van der Waals surface area contributed by atoms with Crippen LogP contribution < -0.4 is 5.73 Å². The summed E-state index contributed by atoms with van der Waals surface area (Å²) in [5, 5.41) is 0.477. The average Bonchev–Trinajstić information content (AvgIpc) is 2.74. The summed E-state index contributed by atoms with van der Waals surface area (Å²) in [6.45, 7) is 1.89. The van der Waals surface area contributed by atoms with Crippen LogP contribution in [0.4, 0.5) is 0 Å². The monoisotopic (exact) mass is 285 g/mol. The number of imidazole rings is 1. The van der Waals surface area contributed by atoms with Crippen molar-refractivity contribution in [2.75, 3.05) is 0 Å². The number of aromatic nitrogens is 2.